The zero-order chi connectivity index (χ0) is 14.8. The maximum absolute atomic E-state index is 14.4. The molecule has 0 fully saturated rings. The van der Waals surface area contributed by atoms with Crippen molar-refractivity contribution in [2.75, 3.05) is 5.32 Å². The van der Waals surface area contributed by atoms with Gasteiger partial charge in [-0.1, -0.05) is 0 Å². The summed E-state index contributed by atoms with van der Waals surface area (Å²) in [4.78, 5) is 9.26. The molecule has 0 atom stereocenters. The van der Waals surface area contributed by atoms with Crippen molar-refractivity contribution in [1.82, 2.24) is 15.3 Å². The van der Waals surface area contributed by atoms with Crippen molar-refractivity contribution in [2.45, 2.75) is 39.8 Å². The Morgan fingerprint density at radius 3 is 2.65 bits per heavy atom. The van der Waals surface area contributed by atoms with E-state index >= 15 is 0 Å². The normalized spacial score (nSPS) is 11.7. The maximum Gasteiger partial charge on any atom is 0.188 e. The lowest BCUT2D eigenvalue weighted by Gasteiger charge is -2.21. The number of thiazole rings is 1. The van der Waals surface area contributed by atoms with Gasteiger partial charge in [0, 0.05) is 34.9 Å². The third kappa shape index (κ3) is 3.98. The van der Waals surface area contributed by atoms with E-state index in [1.54, 1.807) is 18.5 Å². The second-order valence-corrected chi connectivity index (χ2v) is 6.87. The second-order valence-electron chi connectivity index (χ2n) is 5.64. The fraction of sp³-hybridized carbons (Fsp3) is 0.429. The molecule has 4 nitrogen and oxygen atoms in total. The van der Waals surface area contributed by atoms with Crippen LogP contribution in [0.1, 0.15) is 31.2 Å². The van der Waals surface area contributed by atoms with Gasteiger partial charge in [0.2, 0.25) is 0 Å². The molecule has 108 valence electrons. The van der Waals surface area contributed by atoms with Crippen LogP contribution < -0.4 is 10.6 Å². The first-order chi connectivity index (χ1) is 9.35. The molecule has 20 heavy (non-hydrogen) atoms. The molecule has 0 aromatic carbocycles. The minimum atomic E-state index is -0.336. The van der Waals surface area contributed by atoms with Crippen LogP contribution in [-0.4, -0.2) is 15.5 Å². The Morgan fingerprint density at radius 2 is 2.05 bits per heavy atom. The monoisotopic (exact) mass is 294 g/mol. The zero-order valence-electron chi connectivity index (χ0n) is 12.1. The van der Waals surface area contributed by atoms with Crippen molar-refractivity contribution in [3.8, 4) is 0 Å². The van der Waals surface area contributed by atoms with Gasteiger partial charge >= 0.3 is 0 Å². The molecule has 0 aliphatic carbocycles. The Balaban J connectivity index is 2.14. The van der Waals surface area contributed by atoms with Crippen LogP contribution in [0, 0.1) is 12.7 Å². The average Bonchev–Trinajstić information content (AvgIpc) is 2.75. The van der Waals surface area contributed by atoms with Crippen LogP contribution in [0.3, 0.4) is 0 Å². The van der Waals surface area contributed by atoms with E-state index in [4.69, 9.17) is 0 Å². The van der Waals surface area contributed by atoms with E-state index in [2.05, 4.69) is 20.6 Å². The van der Waals surface area contributed by atoms with E-state index in [9.17, 15) is 4.39 Å². The molecule has 2 heterocycles. The highest BCUT2D eigenvalue weighted by Crippen LogP contribution is 2.23. The molecular formula is C14H19FN4S. The highest BCUT2D eigenvalue weighted by atomic mass is 32.1. The van der Waals surface area contributed by atoms with Gasteiger partial charge in [0.25, 0.3) is 0 Å². The van der Waals surface area contributed by atoms with E-state index in [0.717, 1.165) is 4.88 Å². The molecule has 2 aromatic rings. The summed E-state index contributed by atoms with van der Waals surface area (Å²) in [7, 11) is 0. The summed E-state index contributed by atoms with van der Waals surface area (Å²) < 4.78 is 14.4. The predicted molar refractivity (Wildman–Crippen MR) is 80.9 cm³/mol. The van der Waals surface area contributed by atoms with Crippen molar-refractivity contribution in [1.29, 1.82) is 0 Å². The SMILES string of the molecule is Cc1cnc(Nc2nccc(CNC(C)(C)C)c2F)s1. The van der Waals surface area contributed by atoms with Crippen LogP contribution in [0.4, 0.5) is 15.3 Å². The molecule has 0 aliphatic rings. The number of anilines is 2. The van der Waals surface area contributed by atoms with Gasteiger partial charge in [-0.25, -0.2) is 14.4 Å². The maximum atomic E-state index is 14.4. The second kappa shape index (κ2) is 5.85. The molecule has 0 amide bonds. The molecule has 0 saturated carbocycles. The summed E-state index contributed by atoms with van der Waals surface area (Å²) in [6.45, 7) is 8.55. The van der Waals surface area contributed by atoms with Crippen LogP contribution >= 0.6 is 11.3 Å². The predicted octanol–water partition coefficient (Wildman–Crippen LogP) is 3.62. The first-order valence-corrected chi connectivity index (χ1v) is 7.25. The highest BCUT2D eigenvalue weighted by Gasteiger charge is 2.14. The van der Waals surface area contributed by atoms with Crippen LogP contribution in [0.2, 0.25) is 0 Å². The van der Waals surface area contributed by atoms with Gasteiger partial charge < -0.3 is 10.6 Å². The summed E-state index contributed by atoms with van der Waals surface area (Å²) in [5, 5.41) is 6.84. The van der Waals surface area contributed by atoms with Gasteiger partial charge in [0.15, 0.2) is 16.8 Å². The molecule has 0 spiro atoms. The molecule has 0 bridgehead atoms. The number of nitrogens with zero attached hydrogens (tertiary/aromatic N) is 2. The van der Waals surface area contributed by atoms with Crippen molar-refractivity contribution < 1.29 is 4.39 Å². The smallest absolute Gasteiger partial charge is 0.188 e. The van der Waals surface area contributed by atoms with Crippen LogP contribution in [0.5, 0.6) is 0 Å². The van der Waals surface area contributed by atoms with Crippen LogP contribution in [-0.2, 0) is 6.54 Å². The standard InChI is InChI=1S/C14H19FN4S/c1-9-7-17-13(20-9)19-12-11(15)10(5-6-16-12)8-18-14(2,3)4/h5-7,18H,8H2,1-4H3,(H,16,17,19). The van der Waals surface area contributed by atoms with E-state index in [-0.39, 0.29) is 17.2 Å². The van der Waals surface area contributed by atoms with E-state index in [0.29, 0.717) is 17.2 Å². The van der Waals surface area contributed by atoms with Gasteiger partial charge in [-0.3, -0.25) is 0 Å². The number of halogens is 1. The molecule has 0 unspecified atom stereocenters. The number of rotatable bonds is 4. The van der Waals surface area contributed by atoms with Gasteiger partial charge in [0.1, 0.15) is 0 Å². The lowest BCUT2D eigenvalue weighted by molar-refractivity contribution is 0.418. The molecule has 0 saturated heterocycles. The molecule has 0 radical (unpaired) electrons. The lowest BCUT2D eigenvalue weighted by atomic mass is 10.1. The van der Waals surface area contributed by atoms with E-state index < -0.39 is 0 Å². The van der Waals surface area contributed by atoms with E-state index in [1.807, 2.05) is 27.7 Å². The summed E-state index contributed by atoms with van der Waals surface area (Å²) in [5.74, 6) is -0.121. The minimum Gasteiger partial charge on any atom is -0.314 e. The Morgan fingerprint density at radius 1 is 1.30 bits per heavy atom. The molecule has 2 rings (SSSR count). The fourth-order valence-electron chi connectivity index (χ4n) is 1.58. The number of aromatic nitrogens is 2. The number of hydrogen-bond acceptors (Lipinski definition) is 5. The molecule has 6 heteroatoms. The Labute approximate surface area is 122 Å². The summed E-state index contributed by atoms with van der Waals surface area (Å²) >= 11 is 1.47. The average molecular weight is 294 g/mol. The third-order valence-electron chi connectivity index (χ3n) is 2.62. The topological polar surface area (TPSA) is 49.8 Å². The fourth-order valence-corrected chi connectivity index (χ4v) is 2.25. The highest BCUT2D eigenvalue weighted by molar-refractivity contribution is 7.15. The van der Waals surface area contributed by atoms with Gasteiger partial charge in [-0.05, 0) is 33.8 Å². The number of aryl methyl sites for hydroxylation is 1. The number of pyridine rings is 1. The lowest BCUT2D eigenvalue weighted by Crippen LogP contribution is -2.35. The largest absolute Gasteiger partial charge is 0.314 e. The van der Waals surface area contributed by atoms with Crippen molar-refractivity contribution in [3.63, 3.8) is 0 Å². The zero-order valence-corrected chi connectivity index (χ0v) is 12.9. The van der Waals surface area contributed by atoms with Crippen LogP contribution in [0.15, 0.2) is 18.5 Å². The molecular weight excluding hydrogens is 275 g/mol. The van der Waals surface area contributed by atoms with Gasteiger partial charge in [-0.15, -0.1) is 11.3 Å². The summed E-state index contributed by atoms with van der Waals surface area (Å²) in [5.41, 5.74) is 0.529. The van der Waals surface area contributed by atoms with Crippen molar-refractivity contribution in [2.24, 2.45) is 0 Å². The summed E-state index contributed by atoms with van der Waals surface area (Å²) in [6, 6.07) is 1.69. The first-order valence-electron chi connectivity index (χ1n) is 6.43. The van der Waals surface area contributed by atoms with Crippen molar-refractivity contribution >= 4 is 22.3 Å². The number of hydrogen-bond donors (Lipinski definition) is 2. The number of nitrogens with one attached hydrogen (secondary N) is 2. The minimum absolute atomic E-state index is 0.0598. The Kier molecular flexibility index (Phi) is 4.35. The molecule has 2 N–H and O–H groups in total. The van der Waals surface area contributed by atoms with Crippen molar-refractivity contribution in [3.05, 3.63) is 34.7 Å². The van der Waals surface area contributed by atoms with Gasteiger partial charge in [-0.2, -0.15) is 0 Å². The first kappa shape index (κ1) is 14.9. The van der Waals surface area contributed by atoms with Gasteiger partial charge in [0.05, 0.1) is 0 Å². The Hall–Kier alpha value is -1.53. The Bertz CT molecular complexity index is 589. The van der Waals surface area contributed by atoms with Crippen LogP contribution in [0.25, 0.3) is 0 Å². The molecule has 2 aromatic heterocycles. The van der Waals surface area contributed by atoms with E-state index in [1.165, 1.54) is 11.3 Å². The quantitative estimate of drug-likeness (QED) is 0.904. The summed E-state index contributed by atoms with van der Waals surface area (Å²) in [6.07, 6.45) is 3.35. The molecule has 0 aliphatic heterocycles. The third-order valence-corrected chi connectivity index (χ3v) is 3.45.